The molecule has 0 aromatic heterocycles. The lowest BCUT2D eigenvalue weighted by Crippen LogP contribution is -2.15. The first-order chi connectivity index (χ1) is 8.45. The molecule has 0 aliphatic rings. The summed E-state index contributed by atoms with van der Waals surface area (Å²) in [7, 11) is 0. The summed E-state index contributed by atoms with van der Waals surface area (Å²) < 4.78 is 0. The van der Waals surface area contributed by atoms with Crippen molar-refractivity contribution in [1.29, 1.82) is 0 Å². The fourth-order valence-electron chi connectivity index (χ4n) is 1.46. The van der Waals surface area contributed by atoms with Crippen LogP contribution in [0.15, 0.2) is 18.2 Å². The lowest BCUT2D eigenvalue weighted by molar-refractivity contribution is -0.384. The minimum atomic E-state index is -0.640. The number of nitrogens with one attached hydrogen (secondary N) is 1. The number of phenolic OH excluding ortho intramolecular Hbond substituents is 1. The number of carbonyl (C=O) groups is 1. The monoisotopic (exact) mass is 252 g/mol. The van der Waals surface area contributed by atoms with Gasteiger partial charge in [-0.15, -0.1) is 0 Å². The number of hydrogen-bond acceptors (Lipinski definition) is 4. The maximum Gasteiger partial charge on any atom is 0.296 e. The van der Waals surface area contributed by atoms with E-state index in [1.807, 2.05) is 13.8 Å². The minimum Gasteiger partial charge on any atom is -0.505 e. The normalized spacial score (nSPS) is 11.9. The van der Waals surface area contributed by atoms with E-state index in [-0.39, 0.29) is 35.4 Å². The molecule has 18 heavy (non-hydrogen) atoms. The molecule has 0 heterocycles. The van der Waals surface area contributed by atoms with E-state index in [9.17, 15) is 20.0 Å². The van der Waals surface area contributed by atoms with Crippen LogP contribution >= 0.6 is 0 Å². The molecular weight excluding hydrogens is 236 g/mol. The molecule has 6 heteroatoms. The van der Waals surface area contributed by atoms with Crippen LogP contribution in [0.2, 0.25) is 0 Å². The lowest BCUT2D eigenvalue weighted by Gasteiger charge is -2.10. The van der Waals surface area contributed by atoms with Crippen molar-refractivity contribution < 1.29 is 14.8 Å². The summed E-state index contributed by atoms with van der Waals surface area (Å²) in [4.78, 5) is 21.8. The Morgan fingerprint density at radius 1 is 1.56 bits per heavy atom. The van der Waals surface area contributed by atoms with Gasteiger partial charge in [0.05, 0.1) is 4.92 Å². The number of hydrogen-bond donors (Lipinski definition) is 2. The van der Waals surface area contributed by atoms with Crippen molar-refractivity contribution in [3.8, 4) is 5.75 Å². The van der Waals surface area contributed by atoms with E-state index in [0.717, 1.165) is 6.42 Å². The van der Waals surface area contributed by atoms with Crippen LogP contribution < -0.4 is 5.32 Å². The number of phenols is 1. The van der Waals surface area contributed by atoms with Crippen molar-refractivity contribution in [2.45, 2.75) is 26.7 Å². The largest absolute Gasteiger partial charge is 0.505 e. The van der Waals surface area contributed by atoms with E-state index in [1.165, 1.54) is 18.2 Å². The van der Waals surface area contributed by atoms with Crippen LogP contribution in [-0.4, -0.2) is 15.9 Å². The van der Waals surface area contributed by atoms with Crippen molar-refractivity contribution in [3.05, 3.63) is 28.3 Å². The molecule has 1 aromatic rings. The summed E-state index contributed by atoms with van der Waals surface area (Å²) >= 11 is 0. The van der Waals surface area contributed by atoms with E-state index in [4.69, 9.17) is 0 Å². The highest BCUT2D eigenvalue weighted by molar-refractivity contribution is 5.95. The minimum absolute atomic E-state index is 0.143. The van der Waals surface area contributed by atoms with Gasteiger partial charge in [-0.2, -0.15) is 0 Å². The second-order valence-electron chi connectivity index (χ2n) is 4.19. The molecule has 0 radical (unpaired) electrons. The maximum absolute atomic E-state index is 11.7. The molecule has 1 rings (SSSR count). The predicted molar refractivity (Wildman–Crippen MR) is 67.5 cm³/mol. The number of benzene rings is 1. The van der Waals surface area contributed by atoms with E-state index < -0.39 is 4.92 Å². The van der Waals surface area contributed by atoms with Crippen molar-refractivity contribution in [3.63, 3.8) is 0 Å². The van der Waals surface area contributed by atoms with Crippen molar-refractivity contribution >= 4 is 17.3 Å². The molecule has 0 saturated carbocycles. The molecule has 6 nitrogen and oxygen atoms in total. The van der Waals surface area contributed by atoms with Crippen LogP contribution in [-0.2, 0) is 4.79 Å². The van der Waals surface area contributed by atoms with Gasteiger partial charge in [0.2, 0.25) is 5.91 Å². The highest BCUT2D eigenvalue weighted by Gasteiger charge is 2.19. The molecule has 1 aromatic carbocycles. The quantitative estimate of drug-likeness (QED) is 0.478. The highest BCUT2D eigenvalue weighted by atomic mass is 16.6. The molecule has 2 N–H and O–H groups in total. The van der Waals surface area contributed by atoms with Crippen LogP contribution in [0.3, 0.4) is 0 Å². The molecule has 1 amide bonds. The fourth-order valence-corrected chi connectivity index (χ4v) is 1.46. The molecule has 1 unspecified atom stereocenters. The van der Waals surface area contributed by atoms with Crippen LogP contribution in [0, 0.1) is 16.0 Å². The van der Waals surface area contributed by atoms with Gasteiger partial charge >= 0.3 is 0 Å². The van der Waals surface area contributed by atoms with E-state index in [2.05, 4.69) is 5.32 Å². The molecule has 0 aliphatic carbocycles. The number of nitro benzene ring substituents is 1. The van der Waals surface area contributed by atoms with Gasteiger partial charge in [-0.05, 0) is 12.0 Å². The summed E-state index contributed by atoms with van der Waals surface area (Å²) in [5.41, 5.74) is -0.455. The zero-order valence-corrected chi connectivity index (χ0v) is 10.3. The first-order valence-corrected chi connectivity index (χ1v) is 5.72. The number of para-hydroxylation sites is 1. The Balaban J connectivity index is 2.90. The van der Waals surface area contributed by atoms with Crippen molar-refractivity contribution in [2.75, 3.05) is 5.32 Å². The number of carbonyl (C=O) groups excluding carboxylic acids is 1. The van der Waals surface area contributed by atoms with Gasteiger partial charge in [0, 0.05) is 12.5 Å². The molecule has 0 saturated heterocycles. The summed E-state index contributed by atoms with van der Waals surface area (Å²) in [6.45, 7) is 3.87. The van der Waals surface area contributed by atoms with Crippen LogP contribution in [0.5, 0.6) is 5.75 Å². The summed E-state index contributed by atoms with van der Waals surface area (Å²) in [5, 5.41) is 22.7. The van der Waals surface area contributed by atoms with E-state index in [1.54, 1.807) is 0 Å². The molecular formula is C12H16N2O4. The number of nitro groups is 1. The molecule has 0 aliphatic heterocycles. The second kappa shape index (κ2) is 6.00. The van der Waals surface area contributed by atoms with Crippen LogP contribution in [0.4, 0.5) is 11.4 Å². The van der Waals surface area contributed by atoms with Gasteiger partial charge in [0.1, 0.15) is 5.75 Å². The Hall–Kier alpha value is -2.11. The first-order valence-electron chi connectivity index (χ1n) is 5.72. The van der Waals surface area contributed by atoms with E-state index in [0.29, 0.717) is 0 Å². The van der Waals surface area contributed by atoms with Gasteiger partial charge in [-0.3, -0.25) is 14.9 Å². The van der Waals surface area contributed by atoms with E-state index >= 15 is 0 Å². The Kier molecular flexibility index (Phi) is 4.65. The smallest absolute Gasteiger partial charge is 0.296 e. The molecule has 1 atom stereocenters. The standard InChI is InChI=1S/C12H16N2O4/c1-3-8(2)7-11(16)13-12-9(14(17)18)5-4-6-10(12)15/h4-6,8,15H,3,7H2,1-2H3,(H,13,16). The molecule has 0 spiro atoms. The van der Waals surface area contributed by atoms with Gasteiger partial charge < -0.3 is 10.4 Å². The Morgan fingerprint density at radius 2 is 2.22 bits per heavy atom. The molecule has 0 bridgehead atoms. The Morgan fingerprint density at radius 3 is 2.78 bits per heavy atom. The third-order valence-corrected chi connectivity index (χ3v) is 2.71. The van der Waals surface area contributed by atoms with Crippen molar-refractivity contribution in [2.24, 2.45) is 5.92 Å². The number of anilines is 1. The fraction of sp³-hybridized carbons (Fsp3) is 0.417. The zero-order valence-electron chi connectivity index (χ0n) is 10.3. The first kappa shape index (κ1) is 14.0. The number of aromatic hydroxyl groups is 1. The summed E-state index contributed by atoms with van der Waals surface area (Å²) in [5.74, 6) is -0.453. The van der Waals surface area contributed by atoms with Crippen LogP contribution in [0.25, 0.3) is 0 Å². The number of rotatable bonds is 5. The van der Waals surface area contributed by atoms with Crippen LogP contribution in [0.1, 0.15) is 26.7 Å². The van der Waals surface area contributed by atoms with Gasteiger partial charge in [0.15, 0.2) is 5.69 Å². The number of amides is 1. The van der Waals surface area contributed by atoms with Crippen molar-refractivity contribution in [1.82, 2.24) is 0 Å². The summed E-state index contributed by atoms with van der Waals surface area (Å²) in [6.07, 6.45) is 1.11. The SMILES string of the molecule is CCC(C)CC(=O)Nc1c(O)cccc1[N+](=O)[O-]. The third kappa shape index (κ3) is 3.44. The predicted octanol–water partition coefficient (Wildman–Crippen LogP) is 2.68. The molecule has 0 fully saturated rings. The molecule has 98 valence electrons. The topological polar surface area (TPSA) is 92.5 Å². The third-order valence-electron chi connectivity index (χ3n) is 2.71. The highest BCUT2D eigenvalue weighted by Crippen LogP contribution is 2.33. The van der Waals surface area contributed by atoms with Gasteiger partial charge in [0.25, 0.3) is 5.69 Å². The van der Waals surface area contributed by atoms with Gasteiger partial charge in [-0.1, -0.05) is 26.3 Å². The maximum atomic E-state index is 11.7. The second-order valence-corrected chi connectivity index (χ2v) is 4.19. The average molecular weight is 252 g/mol. The summed E-state index contributed by atoms with van der Waals surface area (Å²) in [6, 6.07) is 3.89. The van der Waals surface area contributed by atoms with Gasteiger partial charge in [-0.25, -0.2) is 0 Å². The Bertz CT molecular complexity index is 459. The average Bonchev–Trinajstić information content (AvgIpc) is 2.31. The Labute approximate surface area is 105 Å². The lowest BCUT2D eigenvalue weighted by atomic mass is 10.0. The number of nitrogens with zero attached hydrogens (tertiary/aromatic N) is 1. The zero-order chi connectivity index (χ0) is 13.7.